The van der Waals surface area contributed by atoms with E-state index in [0.29, 0.717) is 62.6 Å². The SMILES string of the molecule is CCCCN(Cc1ccc(C(=O)NO)cc1)C(=O)Nc1ccc(OCCCCCCCn2cc(CNCc3ccc(-c4cccc5c4CN(C4CCC(=O)NC4=O)C5=O)cc3)nn2)cc1. The van der Waals surface area contributed by atoms with E-state index in [0.717, 1.165) is 90.8 Å². The summed E-state index contributed by atoms with van der Waals surface area (Å²) in [7, 11) is 0. The maximum atomic E-state index is 13.3. The Morgan fingerprint density at radius 2 is 1.60 bits per heavy atom. The molecule has 340 valence electrons. The summed E-state index contributed by atoms with van der Waals surface area (Å²) in [6.45, 7) is 6.05. The van der Waals surface area contributed by atoms with E-state index in [1.165, 1.54) is 0 Å². The summed E-state index contributed by atoms with van der Waals surface area (Å²) in [5, 5.41) is 26.3. The zero-order chi connectivity index (χ0) is 45.5. The molecular formula is C49H57N9O7. The van der Waals surface area contributed by atoms with Crippen molar-refractivity contribution in [3.8, 4) is 16.9 Å². The number of carbonyl (C=O) groups excluding carboxylic acids is 5. The second kappa shape index (κ2) is 22.6. The molecule has 1 saturated heterocycles. The second-order valence-corrected chi connectivity index (χ2v) is 16.5. The number of hydroxylamine groups is 1. The molecule has 2 aliphatic rings. The highest BCUT2D eigenvalue weighted by molar-refractivity contribution is 6.06. The Bertz CT molecular complexity index is 2420. The predicted octanol–water partition coefficient (Wildman–Crippen LogP) is 6.98. The number of urea groups is 1. The second-order valence-electron chi connectivity index (χ2n) is 16.5. The van der Waals surface area contributed by atoms with Crippen molar-refractivity contribution in [3.05, 3.63) is 131 Å². The minimum Gasteiger partial charge on any atom is -0.494 e. The standard InChI is InChI=1S/C49H57N9O7/c1-2-3-26-56(31-35-14-18-37(19-15-35)46(60)54-64)49(63)51-38-20-22-40(23-21-38)65-28-8-6-4-5-7-27-57-32-39(53-55-57)30-50-29-34-12-16-36(17-13-34)41-10-9-11-42-43(41)33-58(48(42)62)44-24-25-45(59)52-47(44)61/h9-23,32,44,50,64H,2-8,24-31,33H2,1H3,(H,51,63)(H,54,60)(H,52,59,61). The number of rotatable bonds is 22. The molecule has 0 saturated carbocycles. The highest BCUT2D eigenvalue weighted by Gasteiger charge is 2.39. The first-order valence-corrected chi connectivity index (χ1v) is 22.5. The van der Waals surface area contributed by atoms with Crippen LogP contribution in [-0.4, -0.2) is 78.9 Å². The van der Waals surface area contributed by atoms with Gasteiger partial charge >= 0.3 is 6.03 Å². The number of hydrogen-bond acceptors (Lipinski definition) is 10. The summed E-state index contributed by atoms with van der Waals surface area (Å²) in [4.78, 5) is 65.6. The molecule has 1 aromatic heterocycles. The lowest BCUT2D eigenvalue weighted by molar-refractivity contribution is -0.136. The van der Waals surface area contributed by atoms with Crippen molar-refractivity contribution in [2.75, 3.05) is 18.5 Å². The molecule has 5 aromatic rings. The Morgan fingerprint density at radius 3 is 2.35 bits per heavy atom. The van der Waals surface area contributed by atoms with Crippen LogP contribution in [0.25, 0.3) is 11.1 Å². The quantitative estimate of drug-likeness (QED) is 0.0209. The van der Waals surface area contributed by atoms with Gasteiger partial charge in [-0.05, 0) is 96.0 Å². The number of nitrogens with one attached hydrogen (secondary N) is 4. The van der Waals surface area contributed by atoms with Crippen LogP contribution in [0.3, 0.4) is 0 Å². The van der Waals surface area contributed by atoms with Crippen LogP contribution < -0.4 is 26.2 Å². The summed E-state index contributed by atoms with van der Waals surface area (Å²) in [5.74, 6) is -0.722. The van der Waals surface area contributed by atoms with Crippen LogP contribution in [0, 0.1) is 0 Å². The minimum atomic E-state index is -0.644. The van der Waals surface area contributed by atoms with Crippen LogP contribution in [0.2, 0.25) is 0 Å². The van der Waals surface area contributed by atoms with E-state index in [4.69, 9.17) is 9.94 Å². The number of carbonyl (C=O) groups is 5. The summed E-state index contributed by atoms with van der Waals surface area (Å²) in [5.41, 5.74) is 8.96. The van der Waals surface area contributed by atoms with Crippen molar-refractivity contribution >= 4 is 35.3 Å². The van der Waals surface area contributed by atoms with Gasteiger partial charge in [0.1, 0.15) is 11.8 Å². The van der Waals surface area contributed by atoms with Gasteiger partial charge in [0, 0.05) is 68.7 Å². The smallest absolute Gasteiger partial charge is 0.322 e. The van der Waals surface area contributed by atoms with E-state index in [9.17, 15) is 24.0 Å². The molecule has 16 heteroatoms. The first-order valence-electron chi connectivity index (χ1n) is 22.5. The molecule has 16 nitrogen and oxygen atoms in total. The van der Waals surface area contributed by atoms with Crippen LogP contribution >= 0.6 is 0 Å². The van der Waals surface area contributed by atoms with Gasteiger partial charge in [0.2, 0.25) is 11.8 Å². The molecule has 0 bridgehead atoms. The summed E-state index contributed by atoms with van der Waals surface area (Å²) in [6.07, 6.45) is 9.54. The zero-order valence-corrected chi connectivity index (χ0v) is 36.8. The van der Waals surface area contributed by atoms with Gasteiger partial charge in [-0.2, -0.15) is 0 Å². The lowest BCUT2D eigenvalue weighted by atomic mass is 9.96. The van der Waals surface area contributed by atoms with Crippen LogP contribution in [-0.2, 0) is 42.3 Å². The number of aryl methyl sites for hydroxylation is 1. The van der Waals surface area contributed by atoms with E-state index < -0.39 is 17.9 Å². The van der Waals surface area contributed by atoms with Crippen molar-refractivity contribution < 1.29 is 33.9 Å². The van der Waals surface area contributed by atoms with Gasteiger partial charge in [-0.25, -0.2) is 10.3 Å². The number of nitrogens with zero attached hydrogens (tertiary/aromatic N) is 5. The van der Waals surface area contributed by atoms with Crippen molar-refractivity contribution in [2.45, 2.75) is 103 Å². The van der Waals surface area contributed by atoms with Crippen molar-refractivity contribution in [3.63, 3.8) is 0 Å². The number of anilines is 1. The third-order valence-corrected chi connectivity index (χ3v) is 11.7. The van der Waals surface area contributed by atoms with Crippen LogP contribution in [0.1, 0.15) is 108 Å². The summed E-state index contributed by atoms with van der Waals surface area (Å²) in [6, 6.07) is 27.2. The van der Waals surface area contributed by atoms with Crippen LogP contribution in [0.5, 0.6) is 5.75 Å². The number of fused-ring (bicyclic) bond motifs is 1. The van der Waals surface area contributed by atoms with Crippen molar-refractivity contribution in [2.24, 2.45) is 0 Å². The summed E-state index contributed by atoms with van der Waals surface area (Å²) >= 11 is 0. The molecule has 65 heavy (non-hydrogen) atoms. The van der Waals surface area contributed by atoms with Gasteiger partial charge < -0.3 is 25.2 Å². The van der Waals surface area contributed by atoms with E-state index in [2.05, 4.69) is 57.5 Å². The van der Waals surface area contributed by atoms with E-state index in [1.54, 1.807) is 45.6 Å². The monoisotopic (exact) mass is 883 g/mol. The number of amides is 6. The molecule has 1 unspecified atom stereocenters. The number of hydrogen-bond donors (Lipinski definition) is 5. The van der Waals surface area contributed by atoms with Gasteiger partial charge in [0.05, 0.1) is 12.3 Å². The Kier molecular flexibility index (Phi) is 16.0. The average molecular weight is 884 g/mol. The van der Waals surface area contributed by atoms with Gasteiger partial charge in [-0.15, -0.1) is 5.10 Å². The molecule has 2 aliphatic heterocycles. The van der Waals surface area contributed by atoms with E-state index in [-0.39, 0.29) is 24.3 Å². The largest absolute Gasteiger partial charge is 0.494 e. The molecule has 4 aromatic carbocycles. The van der Waals surface area contributed by atoms with Crippen LogP contribution in [0.15, 0.2) is 97.2 Å². The van der Waals surface area contributed by atoms with Crippen molar-refractivity contribution in [1.29, 1.82) is 0 Å². The van der Waals surface area contributed by atoms with Gasteiger partial charge in [0.25, 0.3) is 11.8 Å². The normalized spacial score (nSPS) is 14.5. The fraction of sp³-hybridized carbons (Fsp3) is 0.367. The Balaban J connectivity index is 0.754. The molecule has 6 amide bonds. The molecule has 1 fully saturated rings. The molecular weight excluding hydrogens is 827 g/mol. The molecule has 3 heterocycles. The third-order valence-electron chi connectivity index (χ3n) is 11.7. The van der Waals surface area contributed by atoms with Crippen LogP contribution in [0.4, 0.5) is 10.5 Å². The maximum absolute atomic E-state index is 13.3. The van der Waals surface area contributed by atoms with Gasteiger partial charge in [-0.3, -0.25) is 34.4 Å². The Morgan fingerprint density at radius 1 is 0.862 bits per heavy atom. The highest BCUT2D eigenvalue weighted by atomic mass is 16.5. The molecule has 0 radical (unpaired) electrons. The average Bonchev–Trinajstić information content (AvgIpc) is 3.92. The fourth-order valence-electron chi connectivity index (χ4n) is 8.10. The number of benzene rings is 4. The first-order chi connectivity index (χ1) is 31.7. The number of unbranched alkanes of at least 4 members (excludes halogenated alkanes) is 5. The van der Waals surface area contributed by atoms with E-state index >= 15 is 0 Å². The molecule has 1 atom stereocenters. The molecule has 0 spiro atoms. The van der Waals surface area contributed by atoms with Gasteiger partial charge in [0.15, 0.2) is 0 Å². The minimum absolute atomic E-state index is 0.178. The zero-order valence-electron chi connectivity index (χ0n) is 36.8. The first kappa shape index (κ1) is 46.1. The topological polar surface area (TPSA) is 200 Å². The highest BCUT2D eigenvalue weighted by Crippen LogP contribution is 2.35. The summed E-state index contributed by atoms with van der Waals surface area (Å²) < 4.78 is 7.86. The van der Waals surface area contributed by atoms with Gasteiger partial charge in [-0.1, -0.05) is 86.4 Å². The fourth-order valence-corrected chi connectivity index (χ4v) is 8.10. The van der Waals surface area contributed by atoms with E-state index in [1.807, 2.05) is 47.3 Å². The maximum Gasteiger partial charge on any atom is 0.322 e. The number of imide groups is 1. The lowest BCUT2D eigenvalue weighted by Crippen LogP contribution is -2.52. The molecule has 5 N–H and O–H groups in total. The predicted molar refractivity (Wildman–Crippen MR) is 244 cm³/mol. The number of ether oxygens (including phenoxy) is 1. The third kappa shape index (κ3) is 12.4. The Hall–Kier alpha value is -6.91. The van der Waals surface area contributed by atoms with Crippen molar-refractivity contribution in [1.82, 2.24) is 40.9 Å². The lowest BCUT2D eigenvalue weighted by Gasteiger charge is -2.29. The Labute approximate surface area is 378 Å². The number of piperidine rings is 1. The number of aromatic nitrogens is 3. The molecule has 7 rings (SSSR count). The molecule has 0 aliphatic carbocycles.